The Labute approximate surface area is 241 Å². The van der Waals surface area contributed by atoms with Crippen LogP contribution in [-0.4, -0.2) is 52.7 Å². The zero-order chi connectivity index (χ0) is 27.9. The highest BCUT2D eigenvalue weighted by atomic mass is 35.6. The van der Waals surface area contributed by atoms with E-state index in [4.69, 9.17) is 60.6 Å². The van der Waals surface area contributed by atoms with Crippen molar-refractivity contribution in [3.63, 3.8) is 0 Å². The van der Waals surface area contributed by atoms with Gasteiger partial charge in [-0.1, -0.05) is 95.8 Å². The molecule has 1 saturated heterocycles. The Bertz CT molecular complexity index is 1120. The Hall–Kier alpha value is -2.00. The number of epoxide rings is 1. The smallest absolute Gasteiger partial charge is 0.329 e. The van der Waals surface area contributed by atoms with Gasteiger partial charge in [0.25, 0.3) is 0 Å². The van der Waals surface area contributed by atoms with Crippen LogP contribution in [0.15, 0.2) is 60.7 Å². The highest BCUT2D eigenvalue weighted by molar-refractivity contribution is 6.67. The lowest BCUT2D eigenvalue weighted by molar-refractivity contribution is -0.147. The average molecular weight is 605 g/mol. The molecule has 206 valence electrons. The summed E-state index contributed by atoms with van der Waals surface area (Å²) in [5.74, 6) is -1.00. The summed E-state index contributed by atoms with van der Waals surface area (Å²) in [5, 5.41) is 13.5. The van der Waals surface area contributed by atoms with Gasteiger partial charge in [0.05, 0.1) is 24.3 Å². The Kier molecular flexibility index (Phi) is 11.2. The molecular formula is C27H29Cl4NO6. The minimum absolute atomic E-state index is 0.0425. The molecule has 0 unspecified atom stereocenters. The van der Waals surface area contributed by atoms with Crippen molar-refractivity contribution in [1.82, 2.24) is 5.32 Å². The van der Waals surface area contributed by atoms with E-state index < -0.39 is 34.4 Å². The molecule has 0 spiro atoms. The maximum atomic E-state index is 12.7. The maximum absolute atomic E-state index is 12.7. The molecule has 2 N–H and O–H groups in total. The highest BCUT2D eigenvalue weighted by Crippen LogP contribution is 2.44. The van der Waals surface area contributed by atoms with Crippen LogP contribution in [0.25, 0.3) is 0 Å². The molecule has 38 heavy (non-hydrogen) atoms. The molecule has 0 radical (unpaired) electrons. The molecule has 3 rings (SSSR count). The van der Waals surface area contributed by atoms with Crippen LogP contribution < -0.4 is 10.1 Å². The predicted octanol–water partition coefficient (Wildman–Crippen LogP) is 5.37. The SMILES string of the molecule is COc1ccc(C[C@@H](NC(=O)/C=C/C[C@H](O)[C@H](C)[C@H]2O[C@@H]2c2ccccc2)C(=O)OCC(Cl)(Cl)Cl)cc1Cl. The van der Waals surface area contributed by atoms with Crippen molar-refractivity contribution in [2.24, 2.45) is 5.92 Å². The third-order valence-corrected chi connectivity index (χ3v) is 6.68. The van der Waals surface area contributed by atoms with Crippen molar-refractivity contribution in [2.75, 3.05) is 13.7 Å². The molecule has 2 aromatic rings. The van der Waals surface area contributed by atoms with Crippen molar-refractivity contribution in [3.8, 4) is 5.75 Å². The topological polar surface area (TPSA) is 97.4 Å². The van der Waals surface area contributed by atoms with Crippen molar-refractivity contribution >= 4 is 58.3 Å². The van der Waals surface area contributed by atoms with E-state index in [0.29, 0.717) is 16.3 Å². The average Bonchev–Trinajstić information content (AvgIpc) is 3.67. The summed E-state index contributed by atoms with van der Waals surface area (Å²) in [6.07, 6.45) is 2.25. The number of ether oxygens (including phenoxy) is 3. The monoisotopic (exact) mass is 603 g/mol. The minimum atomic E-state index is -1.80. The van der Waals surface area contributed by atoms with Crippen LogP contribution in [0.1, 0.15) is 30.6 Å². The molecule has 0 aliphatic carbocycles. The first kappa shape index (κ1) is 30.5. The van der Waals surface area contributed by atoms with Gasteiger partial charge in [0.15, 0.2) is 0 Å². The van der Waals surface area contributed by atoms with Crippen LogP contribution in [0.2, 0.25) is 5.02 Å². The van der Waals surface area contributed by atoms with E-state index in [1.54, 1.807) is 24.3 Å². The molecule has 5 atom stereocenters. The lowest BCUT2D eigenvalue weighted by Gasteiger charge is -2.19. The molecular weight excluding hydrogens is 576 g/mol. The standard InChI is InChI=1S/C27H29Cl4NO6/c1-16(24-25(38-24)18-7-4-3-5-8-18)21(33)9-6-10-23(34)32-20(26(35)37-15-27(29,30)31)14-17-11-12-22(36-2)19(28)13-17/h3-8,10-13,16,20-21,24-25,33H,9,14-15H2,1-2H3,(H,32,34)/b10-6+/t16-,20+,21-,24+,25+/m0/s1. The van der Waals surface area contributed by atoms with E-state index in [2.05, 4.69) is 5.32 Å². The van der Waals surface area contributed by atoms with Gasteiger partial charge in [-0.15, -0.1) is 0 Å². The number of hydrogen-bond donors (Lipinski definition) is 2. The van der Waals surface area contributed by atoms with Crippen LogP contribution >= 0.6 is 46.4 Å². The van der Waals surface area contributed by atoms with Crippen molar-refractivity contribution in [1.29, 1.82) is 0 Å². The predicted molar refractivity (Wildman–Crippen MR) is 148 cm³/mol. The Morgan fingerprint density at radius 1 is 1.18 bits per heavy atom. The van der Waals surface area contributed by atoms with Gasteiger partial charge in [-0.05, 0) is 35.8 Å². The fourth-order valence-corrected chi connectivity index (χ4v) is 4.37. The second-order valence-corrected chi connectivity index (χ2v) is 11.9. The van der Waals surface area contributed by atoms with Crippen LogP contribution in [0.3, 0.4) is 0 Å². The fraction of sp³-hybridized carbons (Fsp3) is 0.407. The molecule has 1 aliphatic rings. The van der Waals surface area contributed by atoms with Gasteiger partial charge < -0.3 is 24.6 Å². The Morgan fingerprint density at radius 3 is 2.53 bits per heavy atom. The van der Waals surface area contributed by atoms with E-state index in [-0.39, 0.29) is 31.0 Å². The second kappa shape index (κ2) is 13.9. The molecule has 1 fully saturated rings. The Morgan fingerprint density at radius 2 is 1.89 bits per heavy atom. The number of amides is 1. The van der Waals surface area contributed by atoms with Gasteiger partial charge in [0.2, 0.25) is 9.70 Å². The van der Waals surface area contributed by atoms with E-state index in [1.807, 2.05) is 37.3 Å². The molecule has 11 heteroatoms. The number of nitrogens with one attached hydrogen (secondary N) is 1. The largest absolute Gasteiger partial charge is 0.495 e. The molecule has 1 heterocycles. The number of benzene rings is 2. The summed E-state index contributed by atoms with van der Waals surface area (Å²) >= 11 is 23.3. The number of carbonyl (C=O) groups is 2. The number of methoxy groups -OCH3 is 1. The zero-order valence-corrected chi connectivity index (χ0v) is 23.8. The number of aliphatic hydroxyl groups is 1. The number of halogens is 4. The molecule has 2 aromatic carbocycles. The molecule has 1 aliphatic heterocycles. The normalized spacial score (nSPS) is 19.4. The third-order valence-electron chi connectivity index (χ3n) is 6.06. The van der Waals surface area contributed by atoms with E-state index in [0.717, 1.165) is 5.56 Å². The fourth-order valence-electron chi connectivity index (χ4n) is 3.92. The number of esters is 1. The van der Waals surface area contributed by atoms with Gasteiger partial charge in [-0.2, -0.15) is 0 Å². The zero-order valence-electron chi connectivity index (χ0n) is 20.8. The first-order valence-corrected chi connectivity index (χ1v) is 13.4. The number of alkyl halides is 3. The minimum Gasteiger partial charge on any atom is -0.495 e. The lowest BCUT2D eigenvalue weighted by Crippen LogP contribution is -2.43. The van der Waals surface area contributed by atoms with Gasteiger partial charge >= 0.3 is 5.97 Å². The summed E-state index contributed by atoms with van der Waals surface area (Å²) < 4.78 is 14.2. The van der Waals surface area contributed by atoms with Gasteiger partial charge in [0, 0.05) is 12.3 Å². The molecule has 0 saturated carbocycles. The number of rotatable bonds is 12. The summed E-state index contributed by atoms with van der Waals surface area (Å²) in [6.45, 7) is 1.42. The Balaban J connectivity index is 1.57. The maximum Gasteiger partial charge on any atom is 0.329 e. The number of hydrogen-bond acceptors (Lipinski definition) is 6. The summed E-state index contributed by atoms with van der Waals surface area (Å²) in [7, 11) is 1.49. The lowest BCUT2D eigenvalue weighted by atomic mass is 9.94. The number of carbonyl (C=O) groups excluding carboxylic acids is 2. The van der Waals surface area contributed by atoms with E-state index in [9.17, 15) is 14.7 Å². The van der Waals surface area contributed by atoms with Crippen LogP contribution in [0.4, 0.5) is 0 Å². The summed E-state index contributed by atoms with van der Waals surface area (Å²) in [6, 6.07) is 13.7. The van der Waals surface area contributed by atoms with E-state index in [1.165, 1.54) is 13.2 Å². The van der Waals surface area contributed by atoms with Crippen molar-refractivity contribution in [2.45, 2.75) is 47.9 Å². The summed E-state index contributed by atoms with van der Waals surface area (Å²) in [5.41, 5.74) is 1.72. The van der Waals surface area contributed by atoms with Crippen molar-refractivity contribution < 1.29 is 28.9 Å². The quantitative estimate of drug-likeness (QED) is 0.146. The van der Waals surface area contributed by atoms with Crippen molar-refractivity contribution in [3.05, 3.63) is 76.8 Å². The van der Waals surface area contributed by atoms with Gasteiger partial charge in [0.1, 0.15) is 24.5 Å². The number of aliphatic hydroxyl groups excluding tert-OH is 1. The first-order valence-electron chi connectivity index (χ1n) is 11.9. The second-order valence-electron chi connectivity index (χ2n) is 8.95. The highest BCUT2D eigenvalue weighted by Gasteiger charge is 2.45. The van der Waals surface area contributed by atoms with Gasteiger partial charge in [-0.25, -0.2) is 4.79 Å². The first-order chi connectivity index (χ1) is 18.0. The van der Waals surface area contributed by atoms with Gasteiger partial charge in [-0.3, -0.25) is 4.79 Å². The third kappa shape index (κ3) is 9.33. The molecule has 0 bridgehead atoms. The molecule has 7 nitrogen and oxygen atoms in total. The molecule has 0 aromatic heterocycles. The van der Waals surface area contributed by atoms with Crippen LogP contribution in [0.5, 0.6) is 5.75 Å². The molecule has 1 amide bonds. The van der Waals surface area contributed by atoms with E-state index >= 15 is 0 Å². The van der Waals surface area contributed by atoms with Crippen LogP contribution in [0, 0.1) is 5.92 Å². The van der Waals surface area contributed by atoms with Crippen LogP contribution in [-0.2, 0) is 25.5 Å². The summed E-state index contributed by atoms with van der Waals surface area (Å²) in [4.78, 5) is 25.3.